The highest BCUT2D eigenvalue weighted by molar-refractivity contribution is 6.53. The number of piperidine rings is 1. The molecule has 2 aliphatic rings. The van der Waals surface area contributed by atoms with Crippen LogP contribution < -0.4 is 0 Å². The van der Waals surface area contributed by atoms with Gasteiger partial charge in [0.1, 0.15) is 9.98 Å². The Bertz CT molecular complexity index is 764. The first-order valence-electron chi connectivity index (χ1n) is 8.01. The van der Waals surface area contributed by atoms with Crippen LogP contribution in [0.25, 0.3) is 11.0 Å². The van der Waals surface area contributed by atoms with Gasteiger partial charge in [0.15, 0.2) is 0 Å². The van der Waals surface area contributed by atoms with Gasteiger partial charge in [0.2, 0.25) is 5.91 Å². The number of pyridine rings is 1. The predicted molar refractivity (Wildman–Crippen MR) is 91.8 cm³/mol. The van der Waals surface area contributed by atoms with Gasteiger partial charge < -0.3 is 9.88 Å². The molecule has 0 spiro atoms. The Morgan fingerprint density at radius 1 is 1.39 bits per heavy atom. The molecule has 6 heteroatoms. The number of halogens is 2. The molecular weight excluding hydrogens is 333 g/mol. The van der Waals surface area contributed by atoms with Crippen molar-refractivity contribution in [2.45, 2.75) is 36.4 Å². The third-order valence-electron chi connectivity index (χ3n) is 5.43. The lowest BCUT2D eigenvalue weighted by Gasteiger charge is -2.34. The van der Waals surface area contributed by atoms with Crippen LogP contribution in [-0.2, 0) is 4.79 Å². The molecule has 4 nitrogen and oxygen atoms in total. The van der Waals surface area contributed by atoms with Crippen LogP contribution >= 0.6 is 23.2 Å². The van der Waals surface area contributed by atoms with Gasteiger partial charge in [-0.25, -0.2) is 4.98 Å². The Morgan fingerprint density at radius 2 is 2.09 bits per heavy atom. The van der Waals surface area contributed by atoms with Crippen LogP contribution in [0.4, 0.5) is 0 Å². The number of hydrogen-bond acceptors (Lipinski definition) is 2. The number of aromatic nitrogens is 2. The summed E-state index contributed by atoms with van der Waals surface area (Å²) < 4.78 is -0.885. The fraction of sp³-hybridized carbons (Fsp3) is 0.529. The van der Waals surface area contributed by atoms with Crippen molar-refractivity contribution < 1.29 is 4.79 Å². The molecule has 4 rings (SSSR count). The number of carbonyl (C=O) groups is 1. The molecule has 122 valence electrons. The maximum Gasteiger partial charge on any atom is 0.231 e. The molecule has 1 atom stereocenters. The summed E-state index contributed by atoms with van der Waals surface area (Å²) in [5.41, 5.74) is 1.63. The lowest BCUT2D eigenvalue weighted by Crippen LogP contribution is -2.42. The van der Waals surface area contributed by atoms with E-state index in [1.165, 1.54) is 10.9 Å². The fourth-order valence-corrected chi connectivity index (χ4v) is 4.39. The van der Waals surface area contributed by atoms with Gasteiger partial charge >= 0.3 is 0 Å². The number of fused-ring (bicyclic) bond motifs is 1. The minimum absolute atomic E-state index is 0.0987. The number of aromatic amines is 1. The smallest absolute Gasteiger partial charge is 0.231 e. The molecule has 1 unspecified atom stereocenters. The van der Waals surface area contributed by atoms with Crippen molar-refractivity contribution in [1.29, 1.82) is 0 Å². The maximum atomic E-state index is 12.6. The largest absolute Gasteiger partial charge is 0.346 e. The van der Waals surface area contributed by atoms with E-state index in [4.69, 9.17) is 23.2 Å². The van der Waals surface area contributed by atoms with E-state index in [9.17, 15) is 4.79 Å². The first-order valence-corrected chi connectivity index (χ1v) is 8.77. The molecule has 2 fully saturated rings. The molecule has 0 bridgehead atoms. The maximum absolute atomic E-state index is 12.6. The van der Waals surface area contributed by atoms with E-state index in [0.29, 0.717) is 12.3 Å². The highest BCUT2D eigenvalue weighted by atomic mass is 35.5. The van der Waals surface area contributed by atoms with Crippen molar-refractivity contribution in [2.75, 3.05) is 13.1 Å². The van der Waals surface area contributed by atoms with Gasteiger partial charge in [-0.05, 0) is 49.8 Å². The van der Waals surface area contributed by atoms with Crippen LogP contribution in [0.1, 0.15) is 37.7 Å². The first-order chi connectivity index (χ1) is 10.9. The zero-order valence-electron chi connectivity index (χ0n) is 13.0. The van der Waals surface area contributed by atoms with E-state index in [0.717, 1.165) is 31.6 Å². The molecule has 2 aromatic rings. The SMILES string of the molecule is CC1(C(=O)N2CCC(c3c[nH]c4ncccc34)CC2)CC1(Cl)Cl. The van der Waals surface area contributed by atoms with Gasteiger partial charge in [0, 0.05) is 30.9 Å². The minimum atomic E-state index is -0.885. The Morgan fingerprint density at radius 3 is 2.74 bits per heavy atom. The second-order valence-corrected chi connectivity index (χ2v) is 8.41. The van der Waals surface area contributed by atoms with Gasteiger partial charge in [-0.1, -0.05) is 0 Å². The minimum Gasteiger partial charge on any atom is -0.346 e. The highest BCUT2D eigenvalue weighted by Gasteiger charge is 2.68. The summed E-state index contributed by atoms with van der Waals surface area (Å²) in [4.78, 5) is 22.2. The zero-order valence-corrected chi connectivity index (χ0v) is 14.5. The number of nitrogens with one attached hydrogen (secondary N) is 1. The Balaban J connectivity index is 1.46. The van der Waals surface area contributed by atoms with E-state index in [-0.39, 0.29) is 5.91 Å². The Hall–Kier alpha value is -1.26. The molecule has 0 aromatic carbocycles. The van der Waals surface area contributed by atoms with Crippen LogP contribution in [0.2, 0.25) is 0 Å². The van der Waals surface area contributed by atoms with Crippen molar-refractivity contribution in [2.24, 2.45) is 5.41 Å². The third kappa shape index (κ3) is 2.34. The van der Waals surface area contributed by atoms with Crippen LogP contribution in [0.15, 0.2) is 24.5 Å². The van der Waals surface area contributed by atoms with E-state index in [2.05, 4.69) is 22.2 Å². The van der Waals surface area contributed by atoms with Crippen LogP contribution in [0, 0.1) is 5.41 Å². The van der Waals surface area contributed by atoms with E-state index >= 15 is 0 Å². The molecule has 0 radical (unpaired) electrons. The van der Waals surface area contributed by atoms with Gasteiger partial charge in [-0.15, -0.1) is 23.2 Å². The van der Waals surface area contributed by atoms with Crippen LogP contribution in [0.3, 0.4) is 0 Å². The summed E-state index contributed by atoms with van der Waals surface area (Å²) in [6.45, 7) is 3.39. The molecule has 1 aliphatic heterocycles. The fourth-order valence-electron chi connectivity index (χ4n) is 3.69. The second kappa shape index (κ2) is 5.12. The average molecular weight is 352 g/mol. The summed E-state index contributed by atoms with van der Waals surface area (Å²) in [6, 6.07) is 4.07. The average Bonchev–Trinajstić information content (AvgIpc) is 2.90. The molecular formula is C17H19Cl2N3O. The van der Waals surface area contributed by atoms with E-state index in [1.807, 2.05) is 17.9 Å². The van der Waals surface area contributed by atoms with E-state index in [1.54, 1.807) is 6.20 Å². The van der Waals surface area contributed by atoms with Crippen molar-refractivity contribution in [1.82, 2.24) is 14.9 Å². The standard InChI is InChI=1S/C17H19Cl2N3O/c1-16(10-17(16,18)19)15(23)22-7-4-11(5-8-22)13-9-21-14-12(13)3-2-6-20-14/h2-3,6,9,11H,4-5,7-8,10H2,1H3,(H,20,21). The number of rotatable bonds is 2. The van der Waals surface area contributed by atoms with Crippen molar-refractivity contribution in [3.05, 3.63) is 30.1 Å². The predicted octanol–water partition coefficient (Wildman–Crippen LogP) is 3.85. The monoisotopic (exact) mass is 351 g/mol. The van der Waals surface area contributed by atoms with Gasteiger partial charge in [0.25, 0.3) is 0 Å². The van der Waals surface area contributed by atoms with Gasteiger partial charge in [-0.2, -0.15) is 0 Å². The topological polar surface area (TPSA) is 49.0 Å². The number of amides is 1. The molecule has 1 N–H and O–H groups in total. The summed E-state index contributed by atoms with van der Waals surface area (Å²) in [5.74, 6) is 0.558. The molecule has 1 amide bonds. The molecule has 1 saturated carbocycles. The number of hydrogen-bond donors (Lipinski definition) is 1. The second-order valence-electron chi connectivity index (χ2n) is 6.92. The van der Waals surface area contributed by atoms with Crippen molar-refractivity contribution in [3.63, 3.8) is 0 Å². The summed E-state index contributed by atoms with van der Waals surface area (Å²) in [6.07, 6.45) is 6.33. The van der Waals surface area contributed by atoms with Crippen LogP contribution in [-0.4, -0.2) is 38.2 Å². The molecule has 2 aromatic heterocycles. The zero-order chi connectivity index (χ0) is 16.2. The summed E-state index contributed by atoms with van der Waals surface area (Å²) >= 11 is 12.3. The van der Waals surface area contributed by atoms with Gasteiger partial charge in [0.05, 0.1) is 5.41 Å². The molecule has 3 heterocycles. The number of nitrogens with zero attached hydrogens (tertiary/aromatic N) is 2. The first kappa shape index (κ1) is 15.3. The molecule has 23 heavy (non-hydrogen) atoms. The molecule has 1 aliphatic carbocycles. The Labute approximate surface area is 145 Å². The van der Waals surface area contributed by atoms with Gasteiger partial charge in [-0.3, -0.25) is 4.79 Å². The number of H-pyrrole nitrogens is 1. The van der Waals surface area contributed by atoms with Crippen molar-refractivity contribution in [3.8, 4) is 0 Å². The molecule has 1 saturated heterocycles. The normalized spacial score (nSPS) is 27.3. The Kier molecular flexibility index (Phi) is 3.40. The lowest BCUT2D eigenvalue weighted by molar-refractivity contribution is -0.137. The van der Waals surface area contributed by atoms with Crippen LogP contribution in [0.5, 0.6) is 0 Å². The number of likely N-dealkylation sites (tertiary alicyclic amines) is 1. The highest BCUT2D eigenvalue weighted by Crippen LogP contribution is 2.64. The quantitative estimate of drug-likeness (QED) is 0.835. The lowest BCUT2D eigenvalue weighted by atomic mass is 9.89. The van der Waals surface area contributed by atoms with Crippen molar-refractivity contribution >= 4 is 40.1 Å². The van der Waals surface area contributed by atoms with E-state index < -0.39 is 9.75 Å². The summed E-state index contributed by atoms with van der Waals surface area (Å²) in [5, 5.41) is 1.19. The number of alkyl halides is 2. The summed E-state index contributed by atoms with van der Waals surface area (Å²) in [7, 11) is 0. The number of carbonyl (C=O) groups excluding carboxylic acids is 1. The third-order valence-corrected chi connectivity index (χ3v) is 6.54.